The molecule has 0 spiro atoms. The molecule has 4 heteroatoms. The average Bonchev–Trinajstić information content (AvgIpc) is 2.69. The summed E-state index contributed by atoms with van der Waals surface area (Å²) in [5.41, 5.74) is 1.41. The Morgan fingerprint density at radius 3 is 2.61 bits per heavy atom. The summed E-state index contributed by atoms with van der Waals surface area (Å²) in [4.78, 5) is 16.6. The summed E-state index contributed by atoms with van der Waals surface area (Å²) in [6, 6.07) is 8.19. The summed E-state index contributed by atoms with van der Waals surface area (Å²) < 4.78 is 5.64. The van der Waals surface area contributed by atoms with Gasteiger partial charge in [0.05, 0.1) is 0 Å². The summed E-state index contributed by atoms with van der Waals surface area (Å²) >= 11 is 0. The normalized spacial score (nSPS) is 22.8. The number of rotatable bonds is 9. The zero-order chi connectivity index (χ0) is 20.6. The van der Waals surface area contributed by atoms with E-state index in [0.717, 1.165) is 19.5 Å². The summed E-state index contributed by atoms with van der Waals surface area (Å²) in [7, 11) is 0. The highest BCUT2D eigenvalue weighted by Crippen LogP contribution is 2.40. The van der Waals surface area contributed by atoms with Crippen molar-refractivity contribution in [1.82, 2.24) is 9.80 Å². The summed E-state index contributed by atoms with van der Waals surface area (Å²) in [5, 5.41) is 0. The first-order chi connectivity index (χ1) is 13.4. The lowest BCUT2D eigenvalue weighted by Crippen LogP contribution is -2.47. The van der Waals surface area contributed by atoms with Gasteiger partial charge in [0.1, 0.15) is 5.75 Å². The lowest BCUT2D eigenvalue weighted by Gasteiger charge is -2.45. The van der Waals surface area contributed by atoms with E-state index >= 15 is 0 Å². The molecule has 1 aromatic carbocycles. The van der Waals surface area contributed by atoms with Crippen molar-refractivity contribution in [1.29, 1.82) is 0 Å². The van der Waals surface area contributed by atoms with Crippen LogP contribution in [0.4, 0.5) is 4.79 Å². The van der Waals surface area contributed by atoms with Crippen LogP contribution in [0.5, 0.6) is 5.75 Å². The van der Waals surface area contributed by atoms with E-state index < -0.39 is 0 Å². The Kier molecular flexibility index (Phi) is 8.81. The number of carbonyl (C=O) groups is 1. The number of carbonyl (C=O) groups excluding carboxylic acids is 1. The second kappa shape index (κ2) is 10.8. The van der Waals surface area contributed by atoms with Crippen LogP contribution in [0.2, 0.25) is 0 Å². The van der Waals surface area contributed by atoms with Crippen molar-refractivity contribution in [3.63, 3.8) is 0 Å². The Balaban J connectivity index is 2.01. The van der Waals surface area contributed by atoms with Crippen molar-refractivity contribution in [2.45, 2.75) is 72.1 Å². The molecule has 0 saturated carbocycles. The molecule has 1 heterocycles. The lowest BCUT2D eigenvalue weighted by atomic mass is 9.68. The molecule has 28 heavy (non-hydrogen) atoms. The van der Waals surface area contributed by atoms with Gasteiger partial charge in [-0.05, 0) is 68.8 Å². The number of nitrogens with zero attached hydrogens (tertiary/aromatic N) is 2. The van der Waals surface area contributed by atoms with Gasteiger partial charge in [-0.2, -0.15) is 0 Å². The largest absolute Gasteiger partial charge is 0.415 e. The molecule has 0 aliphatic carbocycles. The van der Waals surface area contributed by atoms with Crippen LogP contribution in [0.25, 0.3) is 0 Å². The third kappa shape index (κ3) is 5.73. The van der Waals surface area contributed by atoms with Gasteiger partial charge in [0, 0.05) is 19.6 Å². The predicted octanol–water partition coefficient (Wildman–Crippen LogP) is 5.71. The van der Waals surface area contributed by atoms with E-state index in [2.05, 4.69) is 37.8 Å². The van der Waals surface area contributed by atoms with Crippen LogP contribution in [0, 0.1) is 5.92 Å². The lowest BCUT2D eigenvalue weighted by molar-refractivity contribution is 0.109. The highest BCUT2D eigenvalue weighted by atomic mass is 16.6. The van der Waals surface area contributed by atoms with Crippen LogP contribution in [0.1, 0.15) is 72.3 Å². The monoisotopic (exact) mass is 388 g/mol. The van der Waals surface area contributed by atoms with Crippen molar-refractivity contribution in [3.8, 4) is 5.75 Å². The quantitative estimate of drug-likeness (QED) is 0.508. The zero-order valence-electron chi connectivity index (χ0n) is 18.7. The van der Waals surface area contributed by atoms with Crippen LogP contribution >= 0.6 is 0 Å². The fourth-order valence-electron chi connectivity index (χ4n) is 4.27. The minimum Gasteiger partial charge on any atom is -0.410 e. The first-order valence-corrected chi connectivity index (χ1v) is 11.2. The number of hydrogen-bond acceptors (Lipinski definition) is 3. The number of benzene rings is 1. The fourth-order valence-corrected chi connectivity index (χ4v) is 4.27. The number of likely N-dealkylation sites (tertiary alicyclic amines) is 1. The third-order valence-electron chi connectivity index (χ3n) is 6.62. The van der Waals surface area contributed by atoms with Gasteiger partial charge in [-0.1, -0.05) is 52.2 Å². The first kappa shape index (κ1) is 22.7. The van der Waals surface area contributed by atoms with Gasteiger partial charge in [-0.15, -0.1) is 0 Å². The van der Waals surface area contributed by atoms with Crippen molar-refractivity contribution < 1.29 is 9.53 Å². The second-order valence-electron chi connectivity index (χ2n) is 8.50. The van der Waals surface area contributed by atoms with E-state index in [4.69, 9.17) is 4.74 Å². The second-order valence-corrected chi connectivity index (χ2v) is 8.50. The summed E-state index contributed by atoms with van der Waals surface area (Å²) in [6.07, 6.45) is 6.19. The van der Waals surface area contributed by atoms with Gasteiger partial charge in [0.2, 0.25) is 0 Å². The van der Waals surface area contributed by atoms with Gasteiger partial charge >= 0.3 is 6.09 Å². The molecule has 1 fully saturated rings. The molecule has 1 aliphatic heterocycles. The van der Waals surface area contributed by atoms with E-state index in [0.29, 0.717) is 24.8 Å². The van der Waals surface area contributed by atoms with E-state index in [1.807, 2.05) is 26.0 Å². The molecular weight excluding hydrogens is 348 g/mol. The number of hydrogen-bond donors (Lipinski definition) is 0. The van der Waals surface area contributed by atoms with Gasteiger partial charge in [0.15, 0.2) is 0 Å². The number of piperidine rings is 1. The maximum Gasteiger partial charge on any atom is 0.415 e. The number of amides is 1. The Labute approximate surface area is 172 Å². The Morgan fingerprint density at radius 2 is 1.96 bits per heavy atom. The van der Waals surface area contributed by atoms with E-state index in [-0.39, 0.29) is 11.5 Å². The summed E-state index contributed by atoms with van der Waals surface area (Å²) in [6.45, 7) is 15.8. The standard InChI is InChI=1S/C24H40N2O2/c1-6-9-10-11-16-25-17-15-24(5,20(4)19-25)21-13-12-14-22(18-21)28-23(27)26(7-2)8-3/h12-14,18,20H,6-11,15-17,19H2,1-5H3/t20-,24-/m0/s1. The van der Waals surface area contributed by atoms with Crippen LogP contribution in [-0.2, 0) is 5.41 Å². The van der Waals surface area contributed by atoms with Crippen LogP contribution in [0.3, 0.4) is 0 Å². The third-order valence-corrected chi connectivity index (χ3v) is 6.62. The zero-order valence-corrected chi connectivity index (χ0v) is 18.7. The van der Waals surface area contributed by atoms with Crippen molar-refractivity contribution >= 4 is 6.09 Å². The predicted molar refractivity (Wildman–Crippen MR) is 117 cm³/mol. The molecule has 0 radical (unpaired) electrons. The van der Waals surface area contributed by atoms with Crippen LogP contribution in [-0.4, -0.2) is 48.6 Å². The highest BCUT2D eigenvalue weighted by Gasteiger charge is 2.38. The molecule has 0 N–H and O–H groups in total. The van der Waals surface area contributed by atoms with Crippen molar-refractivity contribution in [2.24, 2.45) is 5.92 Å². The molecule has 158 valence electrons. The Morgan fingerprint density at radius 1 is 1.21 bits per heavy atom. The van der Waals surface area contributed by atoms with Gasteiger partial charge in [-0.25, -0.2) is 4.79 Å². The Hall–Kier alpha value is -1.55. The molecule has 1 aromatic rings. The number of ether oxygens (including phenoxy) is 1. The van der Waals surface area contributed by atoms with Crippen molar-refractivity contribution in [2.75, 3.05) is 32.7 Å². The average molecular weight is 389 g/mol. The molecular formula is C24H40N2O2. The molecule has 2 atom stereocenters. The van der Waals surface area contributed by atoms with Gasteiger partial charge < -0.3 is 14.5 Å². The molecule has 4 nitrogen and oxygen atoms in total. The smallest absolute Gasteiger partial charge is 0.410 e. The molecule has 2 rings (SSSR count). The Bertz CT molecular complexity index is 614. The molecule has 0 unspecified atom stereocenters. The van der Waals surface area contributed by atoms with Gasteiger partial charge in [0.25, 0.3) is 0 Å². The SMILES string of the molecule is CCCCCCN1CC[C@](C)(c2cccc(OC(=O)N(CC)CC)c2)[C@@H](C)C1. The molecule has 1 aliphatic rings. The molecule has 1 amide bonds. The van der Waals surface area contributed by atoms with Gasteiger partial charge in [-0.3, -0.25) is 0 Å². The van der Waals surface area contributed by atoms with E-state index in [1.165, 1.54) is 37.8 Å². The molecule has 1 saturated heterocycles. The van der Waals surface area contributed by atoms with Crippen LogP contribution in [0.15, 0.2) is 24.3 Å². The maximum absolute atomic E-state index is 12.3. The van der Waals surface area contributed by atoms with Crippen LogP contribution < -0.4 is 4.74 Å². The maximum atomic E-state index is 12.3. The van der Waals surface area contributed by atoms with Crippen molar-refractivity contribution in [3.05, 3.63) is 29.8 Å². The number of unbranched alkanes of at least 4 members (excludes halogenated alkanes) is 3. The minimum absolute atomic E-state index is 0.123. The first-order valence-electron chi connectivity index (χ1n) is 11.2. The minimum atomic E-state index is -0.262. The van der Waals surface area contributed by atoms with E-state index in [1.54, 1.807) is 4.90 Å². The summed E-state index contributed by atoms with van der Waals surface area (Å²) in [5.74, 6) is 1.23. The highest BCUT2D eigenvalue weighted by molar-refractivity contribution is 5.70. The molecule has 0 bridgehead atoms. The fraction of sp³-hybridized carbons (Fsp3) is 0.708. The molecule has 0 aromatic heterocycles. The van der Waals surface area contributed by atoms with E-state index in [9.17, 15) is 4.79 Å². The topological polar surface area (TPSA) is 32.8 Å².